The van der Waals surface area contributed by atoms with E-state index in [0.717, 1.165) is 0 Å². The van der Waals surface area contributed by atoms with E-state index in [1.165, 1.54) is 14.2 Å². The van der Waals surface area contributed by atoms with Gasteiger partial charge in [-0.1, -0.05) is 20.8 Å². The van der Waals surface area contributed by atoms with Gasteiger partial charge in [-0.05, 0) is 11.8 Å². The number of carbonyl (C=O) groups is 1. The number of hydrogen-bond donors (Lipinski definition) is 0. The van der Waals surface area contributed by atoms with Crippen LogP contribution in [-0.2, 0) is 14.3 Å². The molecule has 0 aliphatic rings. The van der Waals surface area contributed by atoms with Gasteiger partial charge in [-0.3, -0.25) is 0 Å². The molecule has 12 heavy (non-hydrogen) atoms. The van der Waals surface area contributed by atoms with Crippen LogP contribution in [0.1, 0.15) is 27.2 Å². The SMILES string of the molecule is COC(=O)C(CC(C)(C)C)OC. The van der Waals surface area contributed by atoms with Crippen LogP contribution >= 0.6 is 0 Å². The van der Waals surface area contributed by atoms with Crippen molar-refractivity contribution in [1.82, 2.24) is 0 Å². The molecule has 3 heteroatoms. The molecule has 0 aromatic heterocycles. The lowest BCUT2D eigenvalue weighted by molar-refractivity contribution is -0.154. The third-order valence-electron chi connectivity index (χ3n) is 1.55. The van der Waals surface area contributed by atoms with E-state index < -0.39 is 6.10 Å². The largest absolute Gasteiger partial charge is 0.467 e. The van der Waals surface area contributed by atoms with Gasteiger partial charge in [0.1, 0.15) is 0 Å². The van der Waals surface area contributed by atoms with Gasteiger partial charge < -0.3 is 9.47 Å². The van der Waals surface area contributed by atoms with E-state index in [2.05, 4.69) is 25.5 Å². The fourth-order valence-electron chi connectivity index (χ4n) is 0.951. The summed E-state index contributed by atoms with van der Waals surface area (Å²) in [7, 11) is 2.89. The molecule has 0 aromatic rings. The molecule has 0 radical (unpaired) electrons. The Morgan fingerprint density at radius 2 is 1.83 bits per heavy atom. The van der Waals surface area contributed by atoms with Crippen molar-refractivity contribution in [3.05, 3.63) is 0 Å². The van der Waals surface area contributed by atoms with Gasteiger partial charge >= 0.3 is 5.97 Å². The normalized spacial score (nSPS) is 14.1. The zero-order valence-corrected chi connectivity index (χ0v) is 8.51. The van der Waals surface area contributed by atoms with Crippen LogP contribution in [0.15, 0.2) is 0 Å². The smallest absolute Gasteiger partial charge is 0.334 e. The first kappa shape index (κ1) is 11.4. The first-order valence-corrected chi connectivity index (χ1v) is 4.01. The topological polar surface area (TPSA) is 35.5 Å². The highest BCUT2D eigenvalue weighted by Crippen LogP contribution is 2.22. The van der Waals surface area contributed by atoms with Crippen molar-refractivity contribution in [2.45, 2.75) is 33.3 Å². The van der Waals surface area contributed by atoms with Gasteiger partial charge in [0, 0.05) is 7.11 Å². The van der Waals surface area contributed by atoms with Gasteiger partial charge in [0.25, 0.3) is 0 Å². The van der Waals surface area contributed by atoms with Crippen LogP contribution < -0.4 is 0 Å². The summed E-state index contributed by atoms with van der Waals surface area (Å²) in [5, 5.41) is 0. The average Bonchev–Trinajstić information content (AvgIpc) is 1.97. The zero-order chi connectivity index (χ0) is 9.78. The van der Waals surface area contributed by atoms with E-state index in [4.69, 9.17) is 4.74 Å². The Hall–Kier alpha value is -0.570. The number of methoxy groups -OCH3 is 2. The Morgan fingerprint density at radius 1 is 1.33 bits per heavy atom. The quantitative estimate of drug-likeness (QED) is 0.610. The highest BCUT2D eigenvalue weighted by Gasteiger charge is 2.24. The summed E-state index contributed by atoms with van der Waals surface area (Å²) in [4.78, 5) is 11.1. The number of ether oxygens (including phenoxy) is 2. The van der Waals surface area contributed by atoms with Crippen LogP contribution in [0.5, 0.6) is 0 Å². The number of rotatable bonds is 3. The second kappa shape index (κ2) is 4.45. The molecular weight excluding hydrogens is 156 g/mol. The molecule has 0 bridgehead atoms. The highest BCUT2D eigenvalue weighted by atomic mass is 16.6. The van der Waals surface area contributed by atoms with E-state index in [1.54, 1.807) is 0 Å². The zero-order valence-electron chi connectivity index (χ0n) is 8.51. The molecule has 3 nitrogen and oxygen atoms in total. The molecule has 72 valence electrons. The van der Waals surface area contributed by atoms with Crippen molar-refractivity contribution in [3.8, 4) is 0 Å². The number of carbonyl (C=O) groups excluding carboxylic acids is 1. The summed E-state index contributed by atoms with van der Waals surface area (Å²) < 4.78 is 9.59. The molecule has 0 aliphatic carbocycles. The van der Waals surface area contributed by atoms with Crippen molar-refractivity contribution in [2.75, 3.05) is 14.2 Å². The second-order valence-electron chi connectivity index (χ2n) is 4.01. The molecule has 1 unspecified atom stereocenters. The van der Waals surface area contributed by atoms with Gasteiger partial charge in [0.15, 0.2) is 6.10 Å². The molecule has 0 saturated carbocycles. The van der Waals surface area contributed by atoms with Crippen LogP contribution in [0.4, 0.5) is 0 Å². The first-order valence-electron chi connectivity index (χ1n) is 4.01. The summed E-state index contributed by atoms with van der Waals surface area (Å²) in [6.07, 6.45) is 0.242. The summed E-state index contributed by atoms with van der Waals surface area (Å²) in [5.74, 6) is -0.299. The van der Waals surface area contributed by atoms with E-state index in [1.807, 2.05) is 0 Å². The van der Waals surface area contributed by atoms with E-state index in [0.29, 0.717) is 6.42 Å². The predicted molar refractivity (Wildman–Crippen MR) is 46.9 cm³/mol. The third kappa shape index (κ3) is 4.34. The Morgan fingerprint density at radius 3 is 2.08 bits per heavy atom. The average molecular weight is 174 g/mol. The van der Waals surface area contributed by atoms with Crippen LogP contribution in [0.2, 0.25) is 0 Å². The Labute approximate surface area is 74.0 Å². The minimum atomic E-state index is -0.435. The maximum atomic E-state index is 11.1. The summed E-state index contributed by atoms with van der Waals surface area (Å²) in [6, 6.07) is 0. The molecule has 0 N–H and O–H groups in total. The molecular formula is C9H18O3. The standard InChI is InChI=1S/C9H18O3/c1-9(2,3)6-7(11-4)8(10)12-5/h7H,6H2,1-5H3. The monoisotopic (exact) mass is 174 g/mol. The molecule has 0 rings (SSSR count). The van der Waals surface area contributed by atoms with Crippen molar-refractivity contribution in [1.29, 1.82) is 0 Å². The minimum absolute atomic E-state index is 0.0782. The molecule has 1 atom stereocenters. The molecule has 0 heterocycles. The lowest BCUT2D eigenvalue weighted by Crippen LogP contribution is -2.29. The van der Waals surface area contributed by atoms with E-state index >= 15 is 0 Å². The summed E-state index contributed by atoms with van der Waals surface area (Å²) in [5.41, 5.74) is 0.0782. The fourth-order valence-corrected chi connectivity index (χ4v) is 0.951. The minimum Gasteiger partial charge on any atom is -0.467 e. The Bertz CT molecular complexity index is 146. The summed E-state index contributed by atoms with van der Waals surface area (Å²) in [6.45, 7) is 6.17. The molecule has 0 amide bonds. The number of hydrogen-bond acceptors (Lipinski definition) is 3. The summed E-state index contributed by atoms with van der Waals surface area (Å²) >= 11 is 0. The molecule has 0 aliphatic heterocycles. The van der Waals surface area contributed by atoms with Gasteiger partial charge in [-0.25, -0.2) is 4.79 Å². The fraction of sp³-hybridized carbons (Fsp3) is 0.889. The van der Waals surface area contributed by atoms with Gasteiger partial charge in [-0.15, -0.1) is 0 Å². The van der Waals surface area contributed by atoms with Crippen molar-refractivity contribution < 1.29 is 14.3 Å². The lowest BCUT2D eigenvalue weighted by atomic mass is 9.89. The highest BCUT2D eigenvalue weighted by molar-refractivity contribution is 5.74. The lowest BCUT2D eigenvalue weighted by Gasteiger charge is -2.22. The van der Waals surface area contributed by atoms with Crippen LogP contribution in [0.3, 0.4) is 0 Å². The van der Waals surface area contributed by atoms with Crippen LogP contribution in [-0.4, -0.2) is 26.3 Å². The van der Waals surface area contributed by atoms with Crippen molar-refractivity contribution in [2.24, 2.45) is 5.41 Å². The maximum absolute atomic E-state index is 11.1. The molecule has 0 aromatic carbocycles. The van der Waals surface area contributed by atoms with E-state index in [9.17, 15) is 4.79 Å². The third-order valence-corrected chi connectivity index (χ3v) is 1.55. The first-order chi connectivity index (χ1) is 5.40. The van der Waals surface area contributed by atoms with Crippen molar-refractivity contribution >= 4 is 5.97 Å². The van der Waals surface area contributed by atoms with Gasteiger partial charge in [0.05, 0.1) is 7.11 Å². The number of esters is 1. The molecule has 0 spiro atoms. The Balaban J connectivity index is 4.09. The molecule has 0 saturated heterocycles. The maximum Gasteiger partial charge on any atom is 0.334 e. The van der Waals surface area contributed by atoms with Crippen LogP contribution in [0, 0.1) is 5.41 Å². The van der Waals surface area contributed by atoms with Crippen LogP contribution in [0.25, 0.3) is 0 Å². The Kier molecular flexibility index (Phi) is 4.24. The van der Waals surface area contributed by atoms with Gasteiger partial charge in [0.2, 0.25) is 0 Å². The predicted octanol–water partition coefficient (Wildman–Crippen LogP) is 1.61. The second-order valence-corrected chi connectivity index (χ2v) is 4.01. The van der Waals surface area contributed by atoms with E-state index in [-0.39, 0.29) is 11.4 Å². The molecule has 0 fully saturated rings. The van der Waals surface area contributed by atoms with Gasteiger partial charge in [-0.2, -0.15) is 0 Å². The van der Waals surface area contributed by atoms with Crippen molar-refractivity contribution in [3.63, 3.8) is 0 Å².